The Morgan fingerprint density at radius 1 is 1.38 bits per heavy atom. The van der Waals surface area contributed by atoms with Crippen LogP contribution in [-0.2, 0) is 6.42 Å². The van der Waals surface area contributed by atoms with Gasteiger partial charge in [-0.1, -0.05) is 12.1 Å². The summed E-state index contributed by atoms with van der Waals surface area (Å²) in [6.45, 7) is 2.45. The Hall–Kier alpha value is -2.04. The lowest BCUT2D eigenvalue weighted by molar-refractivity contribution is 0.252. The molecule has 5 N–H and O–H groups in total. The SMILES string of the molecule is CCNC(=O)Nc1ccc(CC(=N)N)cc1. The highest BCUT2D eigenvalue weighted by atomic mass is 16.2. The van der Waals surface area contributed by atoms with E-state index in [9.17, 15) is 4.79 Å². The third kappa shape index (κ3) is 4.00. The summed E-state index contributed by atoms with van der Waals surface area (Å²) in [6, 6.07) is 7.02. The Morgan fingerprint density at radius 2 is 2.00 bits per heavy atom. The van der Waals surface area contributed by atoms with Crippen LogP contribution in [0.1, 0.15) is 12.5 Å². The molecule has 0 saturated heterocycles. The molecule has 1 aromatic carbocycles. The van der Waals surface area contributed by atoms with Gasteiger partial charge in [-0.15, -0.1) is 0 Å². The van der Waals surface area contributed by atoms with Gasteiger partial charge in [-0.05, 0) is 24.6 Å². The molecule has 1 rings (SSSR count). The predicted octanol–water partition coefficient (Wildman–Crippen LogP) is 1.31. The average Bonchev–Trinajstić information content (AvgIpc) is 2.20. The molecule has 0 aliphatic carbocycles. The zero-order valence-corrected chi connectivity index (χ0v) is 9.21. The van der Waals surface area contributed by atoms with E-state index in [0.717, 1.165) is 11.3 Å². The lowest BCUT2D eigenvalue weighted by atomic mass is 10.1. The predicted molar refractivity (Wildman–Crippen MR) is 64.8 cm³/mol. The van der Waals surface area contributed by atoms with Gasteiger partial charge in [0.25, 0.3) is 0 Å². The largest absolute Gasteiger partial charge is 0.387 e. The van der Waals surface area contributed by atoms with Crippen molar-refractivity contribution in [3.05, 3.63) is 29.8 Å². The third-order valence-electron chi connectivity index (χ3n) is 1.94. The first-order valence-corrected chi connectivity index (χ1v) is 5.08. The highest BCUT2D eigenvalue weighted by Gasteiger charge is 2.00. The van der Waals surface area contributed by atoms with Crippen molar-refractivity contribution in [1.29, 1.82) is 5.41 Å². The van der Waals surface area contributed by atoms with E-state index in [1.54, 1.807) is 12.1 Å². The number of amides is 2. The summed E-state index contributed by atoms with van der Waals surface area (Å²) in [6.07, 6.45) is 0.432. The molecule has 16 heavy (non-hydrogen) atoms. The summed E-state index contributed by atoms with van der Waals surface area (Å²) in [5.74, 6) is 0.129. The molecule has 0 bridgehead atoms. The molecule has 5 heteroatoms. The minimum atomic E-state index is -0.221. The third-order valence-corrected chi connectivity index (χ3v) is 1.94. The van der Waals surface area contributed by atoms with E-state index in [1.807, 2.05) is 19.1 Å². The van der Waals surface area contributed by atoms with Crippen LogP contribution >= 0.6 is 0 Å². The van der Waals surface area contributed by atoms with Crippen molar-refractivity contribution in [3.8, 4) is 0 Å². The summed E-state index contributed by atoms with van der Waals surface area (Å²) in [4.78, 5) is 11.2. The number of amidine groups is 1. The van der Waals surface area contributed by atoms with E-state index in [4.69, 9.17) is 11.1 Å². The number of carbonyl (C=O) groups excluding carboxylic acids is 1. The molecule has 0 unspecified atom stereocenters. The first-order valence-electron chi connectivity index (χ1n) is 5.08. The van der Waals surface area contributed by atoms with E-state index >= 15 is 0 Å². The molecule has 0 aliphatic heterocycles. The van der Waals surface area contributed by atoms with Crippen molar-refractivity contribution < 1.29 is 4.79 Å². The molecule has 0 radical (unpaired) electrons. The zero-order valence-electron chi connectivity index (χ0n) is 9.21. The fourth-order valence-electron chi connectivity index (χ4n) is 1.26. The fourth-order valence-corrected chi connectivity index (χ4v) is 1.26. The number of hydrogen-bond donors (Lipinski definition) is 4. The van der Waals surface area contributed by atoms with Crippen LogP contribution in [0.15, 0.2) is 24.3 Å². The number of hydrogen-bond acceptors (Lipinski definition) is 2. The molecule has 0 fully saturated rings. The number of carbonyl (C=O) groups is 1. The summed E-state index contributed by atoms with van der Waals surface area (Å²) in [5, 5.41) is 12.5. The van der Waals surface area contributed by atoms with Crippen molar-refractivity contribution in [2.45, 2.75) is 13.3 Å². The summed E-state index contributed by atoms with van der Waals surface area (Å²) < 4.78 is 0. The van der Waals surface area contributed by atoms with Crippen molar-refractivity contribution in [2.24, 2.45) is 5.73 Å². The van der Waals surface area contributed by atoms with Crippen molar-refractivity contribution in [3.63, 3.8) is 0 Å². The summed E-state index contributed by atoms with van der Waals surface area (Å²) in [5.41, 5.74) is 6.96. The standard InChI is InChI=1S/C11H16N4O/c1-2-14-11(16)15-9-5-3-8(4-6-9)7-10(12)13/h3-6H,2,7H2,1H3,(H3,12,13)(H2,14,15,16). The molecule has 5 nitrogen and oxygen atoms in total. The molecule has 0 saturated carbocycles. The Kier molecular flexibility index (Phi) is 4.32. The van der Waals surface area contributed by atoms with Crippen LogP contribution in [0.3, 0.4) is 0 Å². The fraction of sp³-hybridized carbons (Fsp3) is 0.273. The Morgan fingerprint density at radius 3 is 2.50 bits per heavy atom. The second-order valence-corrected chi connectivity index (χ2v) is 3.38. The minimum Gasteiger partial charge on any atom is -0.387 e. The first-order chi connectivity index (χ1) is 7.61. The normalized spacial score (nSPS) is 9.56. The van der Waals surface area contributed by atoms with Gasteiger partial charge in [0, 0.05) is 18.7 Å². The first kappa shape index (κ1) is 12.0. The summed E-state index contributed by atoms with van der Waals surface area (Å²) >= 11 is 0. The van der Waals surface area contributed by atoms with Crippen molar-refractivity contribution >= 4 is 17.6 Å². The van der Waals surface area contributed by atoms with E-state index in [2.05, 4.69) is 10.6 Å². The van der Waals surface area contributed by atoms with Gasteiger partial charge in [0.1, 0.15) is 0 Å². The maximum absolute atomic E-state index is 11.2. The van der Waals surface area contributed by atoms with Crippen LogP contribution in [0.25, 0.3) is 0 Å². The second kappa shape index (κ2) is 5.75. The number of benzene rings is 1. The lowest BCUT2D eigenvalue weighted by Crippen LogP contribution is -2.28. The average molecular weight is 220 g/mol. The number of nitrogens with two attached hydrogens (primary N) is 1. The number of urea groups is 1. The van der Waals surface area contributed by atoms with Gasteiger partial charge in [0.2, 0.25) is 0 Å². The van der Waals surface area contributed by atoms with Crippen molar-refractivity contribution in [1.82, 2.24) is 5.32 Å². The van der Waals surface area contributed by atoms with Gasteiger partial charge in [-0.2, -0.15) is 0 Å². The summed E-state index contributed by atoms with van der Waals surface area (Å²) in [7, 11) is 0. The zero-order chi connectivity index (χ0) is 12.0. The molecule has 0 aliphatic rings. The molecule has 86 valence electrons. The topological polar surface area (TPSA) is 91.0 Å². The number of nitrogens with one attached hydrogen (secondary N) is 3. The molecule has 0 atom stereocenters. The highest BCUT2D eigenvalue weighted by molar-refractivity contribution is 5.89. The van der Waals surface area contributed by atoms with Gasteiger partial charge >= 0.3 is 6.03 Å². The van der Waals surface area contributed by atoms with Crippen molar-refractivity contribution in [2.75, 3.05) is 11.9 Å². The van der Waals surface area contributed by atoms with Crippen LogP contribution in [-0.4, -0.2) is 18.4 Å². The van der Waals surface area contributed by atoms with E-state index < -0.39 is 0 Å². The Labute approximate surface area is 94.5 Å². The highest BCUT2D eigenvalue weighted by Crippen LogP contribution is 2.09. The number of rotatable bonds is 4. The second-order valence-electron chi connectivity index (χ2n) is 3.38. The molecular weight excluding hydrogens is 204 g/mol. The van der Waals surface area contributed by atoms with Crippen LogP contribution in [0.5, 0.6) is 0 Å². The van der Waals surface area contributed by atoms with Crippen LogP contribution in [0.4, 0.5) is 10.5 Å². The minimum absolute atomic E-state index is 0.129. The van der Waals surface area contributed by atoms with Crippen LogP contribution in [0, 0.1) is 5.41 Å². The molecular formula is C11H16N4O. The maximum Gasteiger partial charge on any atom is 0.319 e. The van der Waals surface area contributed by atoms with Crippen LogP contribution < -0.4 is 16.4 Å². The molecule has 0 spiro atoms. The molecule has 0 heterocycles. The Bertz CT molecular complexity index is 372. The number of anilines is 1. The van der Waals surface area contributed by atoms with Gasteiger partial charge < -0.3 is 16.4 Å². The maximum atomic E-state index is 11.2. The molecule has 2 amide bonds. The van der Waals surface area contributed by atoms with Gasteiger partial charge in [-0.3, -0.25) is 5.41 Å². The lowest BCUT2D eigenvalue weighted by Gasteiger charge is -2.06. The molecule has 0 aromatic heterocycles. The monoisotopic (exact) mass is 220 g/mol. The van der Waals surface area contributed by atoms with E-state index in [0.29, 0.717) is 13.0 Å². The molecule has 1 aromatic rings. The van der Waals surface area contributed by atoms with Gasteiger partial charge in [-0.25, -0.2) is 4.79 Å². The smallest absolute Gasteiger partial charge is 0.319 e. The Balaban J connectivity index is 2.57. The quantitative estimate of drug-likeness (QED) is 0.455. The van der Waals surface area contributed by atoms with Gasteiger partial charge in [0.05, 0.1) is 5.84 Å². The van der Waals surface area contributed by atoms with E-state index in [-0.39, 0.29) is 11.9 Å². The van der Waals surface area contributed by atoms with Crippen LogP contribution in [0.2, 0.25) is 0 Å². The van der Waals surface area contributed by atoms with Gasteiger partial charge in [0.15, 0.2) is 0 Å². The van der Waals surface area contributed by atoms with E-state index in [1.165, 1.54) is 0 Å².